The molecule has 2 fully saturated rings. The Morgan fingerprint density at radius 1 is 1.03 bits per heavy atom. The van der Waals surface area contributed by atoms with Gasteiger partial charge in [0.15, 0.2) is 10.9 Å². The van der Waals surface area contributed by atoms with Crippen LogP contribution < -0.4 is 9.80 Å². The number of morpholine rings is 1. The average molecular weight is 478 g/mol. The lowest BCUT2D eigenvalue weighted by Gasteiger charge is -2.28. The first-order chi connectivity index (χ1) is 16.6. The van der Waals surface area contributed by atoms with E-state index in [1.165, 1.54) is 11.8 Å². The molecular weight excluding hydrogens is 450 g/mol. The summed E-state index contributed by atoms with van der Waals surface area (Å²) in [7, 11) is 0. The minimum atomic E-state index is 0.0102. The van der Waals surface area contributed by atoms with Crippen LogP contribution in [0.1, 0.15) is 28.8 Å². The lowest BCUT2D eigenvalue weighted by molar-refractivity contribution is -0.117. The molecule has 0 aliphatic carbocycles. The van der Waals surface area contributed by atoms with Crippen LogP contribution in [-0.4, -0.2) is 65.1 Å². The largest absolute Gasteiger partial charge is 0.378 e. The number of Topliss-reactive ketones (excluding diaryl/α,β-unsaturated/α-hetero) is 1. The highest BCUT2D eigenvalue weighted by atomic mass is 32.2. The molecule has 9 heteroatoms. The zero-order chi connectivity index (χ0) is 23.5. The Hall–Kier alpha value is -3.17. The van der Waals surface area contributed by atoms with Crippen molar-refractivity contribution >= 4 is 35.1 Å². The van der Waals surface area contributed by atoms with Gasteiger partial charge in [0.05, 0.1) is 24.7 Å². The van der Waals surface area contributed by atoms with Crippen LogP contribution in [0.5, 0.6) is 0 Å². The molecule has 1 aromatic heterocycles. The standard InChI is InChI=1S/C25H27N5O3S/c1-18-4-2-5-21(16-18)30-24(28-12-14-33-15-13-28)26-27-25(30)34-17-22(31)19-7-9-20(10-8-19)29-11-3-6-23(29)32/h2,4-5,7-10,16H,3,6,11-15,17H2,1H3. The predicted octanol–water partition coefficient (Wildman–Crippen LogP) is 3.51. The number of rotatable bonds is 7. The summed E-state index contributed by atoms with van der Waals surface area (Å²) < 4.78 is 7.52. The van der Waals surface area contributed by atoms with E-state index in [0.29, 0.717) is 30.4 Å². The van der Waals surface area contributed by atoms with Gasteiger partial charge < -0.3 is 14.5 Å². The molecule has 2 saturated heterocycles. The van der Waals surface area contributed by atoms with Gasteiger partial charge >= 0.3 is 0 Å². The van der Waals surface area contributed by atoms with Crippen molar-refractivity contribution in [1.29, 1.82) is 0 Å². The molecule has 3 heterocycles. The molecule has 2 aliphatic rings. The molecule has 176 valence electrons. The molecule has 8 nitrogen and oxygen atoms in total. The first-order valence-corrected chi connectivity index (χ1v) is 12.5. The van der Waals surface area contributed by atoms with Crippen molar-refractivity contribution in [2.75, 3.05) is 48.4 Å². The second kappa shape index (κ2) is 9.99. The third-order valence-electron chi connectivity index (χ3n) is 6.08. The summed E-state index contributed by atoms with van der Waals surface area (Å²) in [6.45, 7) is 5.60. The number of hydrogen-bond acceptors (Lipinski definition) is 7. The molecule has 0 saturated carbocycles. The maximum Gasteiger partial charge on any atom is 0.232 e. The number of hydrogen-bond donors (Lipinski definition) is 0. The fraction of sp³-hybridized carbons (Fsp3) is 0.360. The van der Waals surface area contributed by atoms with Crippen LogP contribution in [0.2, 0.25) is 0 Å². The number of carbonyl (C=O) groups excluding carboxylic acids is 2. The molecular formula is C25H27N5O3S. The molecule has 0 radical (unpaired) electrons. The zero-order valence-electron chi connectivity index (χ0n) is 19.1. The van der Waals surface area contributed by atoms with E-state index in [4.69, 9.17) is 4.74 Å². The summed E-state index contributed by atoms with van der Waals surface area (Å²) in [4.78, 5) is 28.9. The monoisotopic (exact) mass is 477 g/mol. The number of ether oxygens (including phenoxy) is 1. The number of amides is 1. The second-order valence-electron chi connectivity index (χ2n) is 8.46. The van der Waals surface area contributed by atoms with Gasteiger partial charge in [-0.25, -0.2) is 0 Å². The molecule has 0 unspecified atom stereocenters. The predicted molar refractivity (Wildman–Crippen MR) is 132 cm³/mol. The van der Waals surface area contributed by atoms with Gasteiger partial charge in [-0.1, -0.05) is 23.9 Å². The van der Waals surface area contributed by atoms with Gasteiger partial charge in [0.2, 0.25) is 11.9 Å². The van der Waals surface area contributed by atoms with Crippen molar-refractivity contribution in [3.05, 3.63) is 59.7 Å². The third-order valence-corrected chi connectivity index (χ3v) is 7.01. The summed E-state index contributed by atoms with van der Waals surface area (Å²) >= 11 is 1.38. The summed E-state index contributed by atoms with van der Waals surface area (Å²) in [5.41, 5.74) is 3.59. The number of aromatic nitrogens is 3. The zero-order valence-corrected chi connectivity index (χ0v) is 20.0. The van der Waals surface area contributed by atoms with E-state index in [-0.39, 0.29) is 17.4 Å². The van der Waals surface area contributed by atoms with E-state index < -0.39 is 0 Å². The molecule has 5 rings (SSSR count). The van der Waals surface area contributed by atoms with Crippen LogP contribution in [0.3, 0.4) is 0 Å². The highest BCUT2D eigenvalue weighted by molar-refractivity contribution is 7.99. The van der Waals surface area contributed by atoms with Gasteiger partial charge in [0.25, 0.3) is 0 Å². The number of nitrogens with zero attached hydrogens (tertiary/aromatic N) is 5. The maximum absolute atomic E-state index is 12.9. The molecule has 0 atom stereocenters. The summed E-state index contributed by atoms with van der Waals surface area (Å²) in [6, 6.07) is 15.5. The Balaban J connectivity index is 1.34. The van der Waals surface area contributed by atoms with Crippen molar-refractivity contribution in [2.24, 2.45) is 0 Å². The number of thioether (sulfide) groups is 1. The van der Waals surface area contributed by atoms with Crippen molar-refractivity contribution in [1.82, 2.24) is 14.8 Å². The van der Waals surface area contributed by atoms with E-state index in [1.807, 2.05) is 28.8 Å². The first kappa shape index (κ1) is 22.6. The van der Waals surface area contributed by atoms with Crippen molar-refractivity contribution < 1.29 is 14.3 Å². The Kier molecular flexibility index (Phi) is 6.64. The van der Waals surface area contributed by atoms with Crippen LogP contribution in [0.4, 0.5) is 11.6 Å². The molecule has 2 aliphatic heterocycles. The average Bonchev–Trinajstić information content (AvgIpc) is 3.49. The van der Waals surface area contributed by atoms with Crippen LogP contribution >= 0.6 is 11.8 Å². The summed E-state index contributed by atoms with van der Waals surface area (Å²) in [6.07, 6.45) is 1.47. The van der Waals surface area contributed by atoms with Crippen LogP contribution in [-0.2, 0) is 9.53 Å². The summed E-state index contributed by atoms with van der Waals surface area (Å²) in [5, 5.41) is 9.59. The van der Waals surface area contributed by atoms with Gasteiger partial charge in [-0.3, -0.25) is 14.2 Å². The van der Waals surface area contributed by atoms with Crippen molar-refractivity contribution in [2.45, 2.75) is 24.9 Å². The molecule has 3 aromatic rings. The molecule has 0 spiro atoms. The minimum absolute atomic E-state index is 0.0102. The third kappa shape index (κ3) is 4.71. The molecule has 1 amide bonds. The van der Waals surface area contributed by atoms with Crippen LogP contribution in [0, 0.1) is 6.92 Å². The minimum Gasteiger partial charge on any atom is -0.378 e. The van der Waals surface area contributed by atoms with Crippen molar-refractivity contribution in [3.63, 3.8) is 0 Å². The molecule has 2 aromatic carbocycles. The quantitative estimate of drug-likeness (QED) is 0.380. The Morgan fingerprint density at radius 2 is 1.82 bits per heavy atom. The highest BCUT2D eigenvalue weighted by Gasteiger charge is 2.24. The number of anilines is 2. The second-order valence-corrected chi connectivity index (χ2v) is 9.41. The smallest absolute Gasteiger partial charge is 0.232 e. The van der Waals surface area contributed by atoms with E-state index >= 15 is 0 Å². The SMILES string of the molecule is Cc1cccc(-n2c(SCC(=O)c3ccc(N4CCCC4=O)cc3)nnc2N2CCOCC2)c1. The van der Waals surface area contributed by atoms with Crippen LogP contribution in [0.25, 0.3) is 5.69 Å². The molecule has 0 N–H and O–H groups in total. The van der Waals surface area contributed by atoms with Gasteiger partial charge in [-0.05, 0) is 55.3 Å². The highest BCUT2D eigenvalue weighted by Crippen LogP contribution is 2.28. The van der Waals surface area contributed by atoms with Gasteiger partial charge in [0, 0.05) is 37.3 Å². The van der Waals surface area contributed by atoms with E-state index in [9.17, 15) is 9.59 Å². The lowest BCUT2D eigenvalue weighted by Crippen LogP contribution is -2.37. The molecule has 0 bridgehead atoms. The van der Waals surface area contributed by atoms with Gasteiger partial charge in [-0.2, -0.15) is 0 Å². The Bertz CT molecular complexity index is 1190. The Morgan fingerprint density at radius 3 is 2.53 bits per heavy atom. The molecule has 34 heavy (non-hydrogen) atoms. The van der Waals surface area contributed by atoms with Gasteiger partial charge in [-0.15, -0.1) is 10.2 Å². The van der Waals surface area contributed by atoms with E-state index in [2.05, 4.69) is 34.2 Å². The number of carbonyl (C=O) groups is 2. The fourth-order valence-corrected chi connectivity index (χ4v) is 5.12. The first-order valence-electron chi connectivity index (χ1n) is 11.5. The maximum atomic E-state index is 12.9. The fourth-order valence-electron chi connectivity index (χ4n) is 4.28. The topological polar surface area (TPSA) is 80.6 Å². The number of aryl methyl sites for hydroxylation is 1. The van der Waals surface area contributed by atoms with E-state index in [1.54, 1.807) is 17.0 Å². The Labute approximate surface area is 202 Å². The number of ketones is 1. The number of benzene rings is 2. The van der Waals surface area contributed by atoms with Crippen molar-refractivity contribution in [3.8, 4) is 5.69 Å². The summed E-state index contributed by atoms with van der Waals surface area (Å²) in [5.74, 6) is 1.16. The van der Waals surface area contributed by atoms with E-state index in [0.717, 1.165) is 48.9 Å². The normalized spacial score (nSPS) is 16.3. The van der Waals surface area contributed by atoms with Gasteiger partial charge in [0.1, 0.15) is 0 Å². The van der Waals surface area contributed by atoms with Crippen LogP contribution in [0.15, 0.2) is 53.7 Å². The lowest BCUT2D eigenvalue weighted by atomic mass is 10.1.